The molecule has 0 unspecified atom stereocenters. The summed E-state index contributed by atoms with van der Waals surface area (Å²) in [6.45, 7) is 0.765. The first-order chi connectivity index (χ1) is 10.2. The largest absolute Gasteiger partial charge is 0.350 e. The number of halogens is 2. The maximum Gasteiger partial charge on any atom is 0.234 e. The van der Waals surface area contributed by atoms with Crippen LogP contribution in [0.15, 0.2) is 24.3 Å². The molecule has 1 aromatic carbocycles. The number of alkyl halides is 1. The minimum absolute atomic E-state index is 0.0832. The molecule has 5 nitrogen and oxygen atoms in total. The highest BCUT2D eigenvalue weighted by atomic mass is 35.5. The molecule has 1 N–H and O–H groups in total. The maximum atomic E-state index is 12.0. The second-order valence-corrected chi connectivity index (χ2v) is 8.72. The zero-order valence-electron chi connectivity index (χ0n) is 12.1. The molecular weight excluding hydrogens is 347 g/mol. The Kier molecular flexibility index (Phi) is 5.71. The average molecular weight is 365 g/mol. The van der Waals surface area contributed by atoms with Crippen molar-refractivity contribution in [1.82, 2.24) is 10.2 Å². The number of nitrogens with one attached hydrogen (secondary N) is 1. The summed E-state index contributed by atoms with van der Waals surface area (Å²) in [6, 6.07) is 6.88. The number of sulfone groups is 1. The number of carbonyl (C=O) groups excluding carboxylic acids is 1. The van der Waals surface area contributed by atoms with Crippen LogP contribution >= 0.6 is 23.2 Å². The van der Waals surface area contributed by atoms with E-state index in [0.717, 1.165) is 5.56 Å². The number of likely N-dealkylation sites (N-methyl/N-ethyl adjacent to an activating group) is 1. The number of rotatable bonds is 5. The summed E-state index contributed by atoms with van der Waals surface area (Å²) in [4.78, 5) is 13.8. The van der Waals surface area contributed by atoms with Gasteiger partial charge >= 0.3 is 0 Å². The summed E-state index contributed by atoms with van der Waals surface area (Å²) in [6.07, 6.45) is 0. The molecule has 1 amide bonds. The average Bonchev–Trinajstić information content (AvgIpc) is 2.64. The molecule has 122 valence electrons. The molecule has 0 saturated carbocycles. The van der Waals surface area contributed by atoms with E-state index in [-0.39, 0.29) is 24.0 Å². The zero-order chi connectivity index (χ0) is 16.3. The first-order valence-electron chi connectivity index (χ1n) is 6.82. The molecule has 1 aromatic rings. The van der Waals surface area contributed by atoms with Gasteiger partial charge in [0.25, 0.3) is 0 Å². The van der Waals surface area contributed by atoms with Crippen molar-refractivity contribution in [2.75, 3.05) is 25.1 Å². The molecule has 1 fully saturated rings. The third-order valence-corrected chi connectivity index (χ3v) is 6.04. The Morgan fingerprint density at radius 2 is 1.95 bits per heavy atom. The standard InChI is InChI=1S/C14H18Cl2N2O3S/c1-18(6-10-2-4-11(15)5-3-10)7-14(19)17-13-9-22(20,21)8-12(13)16/h2-5,12-13H,6-9H2,1H3,(H,17,19)/t12-,13-/m0/s1. The van der Waals surface area contributed by atoms with Crippen LogP contribution in [0.4, 0.5) is 0 Å². The first-order valence-corrected chi connectivity index (χ1v) is 9.45. The van der Waals surface area contributed by atoms with Gasteiger partial charge in [-0.15, -0.1) is 11.6 Å². The van der Waals surface area contributed by atoms with Crippen LogP contribution in [0.25, 0.3) is 0 Å². The normalized spacial score (nSPS) is 23.6. The fraction of sp³-hybridized carbons (Fsp3) is 0.500. The van der Waals surface area contributed by atoms with Crippen LogP contribution in [0.5, 0.6) is 0 Å². The second kappa shape index (κ2) is 7.17. The van der Waals surface area contributed by atoms with E-state index in [2.05, 4.69) is 5.32 Å². The van der Waals surface area contributed by atoms with Gasteiger partial charge in [0.05, 0.1) is 29.5 Å². The van der Waals surface area contributed by atoms with Crippen molar-refractivity contribution < 1.29 is 13.2 Å². The number of carbonyl (C=O) groups is 1. The molecule has 0 aromatic heterocycles. The smallest absolute Gasteiger partial charge is 0.234 e. The van der Waals surface area contributed by atoms with Crippen molar-refractivity contribution in [3.63, 3.8) is 0 Å². The van der Waals surface area contributed by atoms with Crippen LogP contribution in [0.2, 0.25) is 5.02 Å². The highest BCUT2D eigenvalue weighted by Crippen LogP contribution is 2.18. The van der Waals surface area contributed by atoms with Gasteiger partial charge in [-0.25, -0.2) is 8.42 Å². The Morgan fingerprint density at radius 1 is 1.32 bits per heavy atom. The second-order valence-electron chi connectivity index (χ2n) is 5.57. The fourth-order valence-electron chi connectivity index (χ4n) is 2.39. The van der Waals surface area contributed by atoms with Gasteiger partial charge in [-0.1, -0.05) is 23.7 Å². The lowest BCUT2D eigenvalue weighted by molar-refractivity contribution is -0.122. The van der Waals surface area contributed by atoms with E-state index in [1.165, 1.54) is 0 Å². The molecule has 0 radical (unpaired) electrons. The Bertz CT molecular complexity index is 634. The van der Waals surface area contributed by atoms with Crippen molar-refractivity contribution in [2.24, 2.45) is 0 Å². The van der Waals surface area contributed by atoms with Crippen molar-refractivity contribution in [3.05, 3.63) is 34.9 Å². The van der Waals surface area contributed by atoms with Crippen molar-refractivity contribution >= 4 is 38.9 Å². The summed E-state index contributed by atoms with van der Waals surface area (Å²) in [5.74, 6) is -0.405. The summed E-state index contributed by atoms with van der Waals surface area (Å²) in [5, 5.41) is 2.80. The van der Waals surface area contributed by atoms with E-state index >= 15 is 0 Å². The molecule has 2 atom stereocenters. The third-order valence-electron chi connectivity index (χ3n) is 3.41. The summed E-state index contributed by atoms with van der Waals surface area (Å²) in [5.41, 5.74) is 1.04. The topological polar surface area (TPSA) is 66.5 Å². The maximum absolute atomic E-state index is 12.0. The molecule has 1 aliphatic heterocycles. The van der Waals surface area contributed by atoms with E-state index in [1.54, 1.807) is 12.1 Å². The highest BCUT2D eigenvalue weighted by molar-refractivity contribution is 7.91. The molecule has 2 rings (SSSR count). The zero-order valence-corrected chi connectivity index (χ0v) is 14.5. The van der Waals surface area contributed by atoms with Gasteiger partial charge in [0.2, 0.25) is 5.91 Å². The van der Waals surface area contributed by atoms with Crippen LogP contribution < -0.4 is 5.32 Å². The monoisotopic (exact) mass is 364 g/mol. The summed E-state index contributed by atoms with van der Waals surface area (Å²) < 4.78 is 22.9. The summed E-state index contributed by atoms with van der Waals surface area (Å²) >= 11 is 11.8. The van der Waals surface area contributed by atoms with Crippen LogP contribution in [0.1, 0.15) is 5.56 Å². The van der Waals surface area contributed by atoms with Gasteiger partial charge in [0, 0.05) is 11.6 Å². The van der Waals surface area contributed by atoms with E-state index in [9.17, 15) is 13.2 Å². The molecule has 0 spiro atoms. The third kappa shape index (κ3) is 5.12. The predicted molar refractivity (Wildman–Crippen MR) is 88.0 cm³/mol. The lowest BCUT2D eigenvalue weighted by Crippen LogP contribution is -2.44. The van der Waals surface area contributed by atoms with Gasteiger partial charge in [-0.3, -0.25) is 9.69 Å². The van der Waals surface area contributed by atoms with E-state index in [0.29, 0.717) is 11.6 Å². The molecule has 22 heavy (non-hydrogen) atoms. The molecule has 1 heterocycles. The number of benzene rings is 1. The number of hydrogen-bond acceptors (Lipinski definition) is 4. The molecule has 8 heteroatoms. The number of nitrogens with zero attached hydrogens (tertiary/aromatic N) is 1. The SMILES string of the molecule is CN(CC(=O)N[C@H]1CS(=O)(=O)C[C@@H]1Cl)Cc1ccc(Cl)cc1. The minimum Gasteiger partial charge on any atom is -0.350 e. The Morgan fingerprint density at radius 3 is 2.50 bits per heavy atom. The Hall–Kier alpha value is -0.820. The van der Waals surface area contributed by atoms with Gasteiger partial charge < -0.3 is 5.32 Å². The van der Waals surface area contributed by atoms with Gasteiger partial charge in [-0.2, -0.15) is 0 Å². The van der Waals surface area contributed by atoms with Crippen molar-refractivity contribution in [3.8, 4) is 0 Å². The highest BCUT2D eigenvalue weighted by Gasteiger charge is 2.37. The van der Waals surface area contributed by atoms with Gasteiger partial charge in [0.15, 0.2) is 9.84 Å². The lowest BCUT2D eigenvalue weighted by Gasteiger charge is -2.19. The Labute approximate surface area is 140 Å². The molecule has 0 aliphatic carbocycles. The molecule has 0 bridgehead atoms. The van der Waals surface area contributed by atoms with E-state index < -0.39 is 21.3 Å². The Balaban J connectivity index is 1.83. The van der Waals surface area contributed by atoms with Crippen LogP contribution in [-0.2, 0) is 21.2 Å². The number of amides is 1. The summed E-state index contributed by atoms with van der Waals surface area (Å²) in [7, 11) is -1.33. The van der Waals surface area contributed by atoms with Crippen molar-refractivity contribution in [1.29, 1.82) is 0 Å². The van der Waals surface area contributed by atoms with Crippen LogP contribution in [-0.4, -0.2) is 55.7 Å². The molecule has 1 aliphatic rings. The number of hydrogen-bond donors (Lipinski definition) is 1. The van der Waals surface area contributed by atoms with E-state index in [1.807, 2.05) is 24.1 Å². The molecular formula is C14H18Cl2N2O3S. The van der Waals surface area contributed by atoms with Gasteiger partial charge in [-0.05, 0) is 24.7 Å². The fourth-order valence-corrected chi connectivity index (χ4v) is 5.07. The lowest BCUT2D eigenvalue weighted by atomic mass is 10.2. The molecule has 1 saturated heterocycles. The van der Waals surface area contributed by atoms with Crippen molar-refractivity contribution in [2.45, 2.75) is 18.0 Å². The van der Waals surface area contributed by atoms with Gasteiger partial charge in [0.1, 0.15) is 0 Å². The van der Waals surface area contributed by atoms with E-state index in [4.69, 9.17) is 23.2 Å². The minimum atomic E-state index is -3.14. The quantitative estimate of drug-likeness (QED) is 0.799. The predicted octanol–water partition coefficient (Wildman–Crippen LogP) is 1.29. The van der Waals surface area contributed by atoms with Crippen LogP contribution in [0.3, 0.4) is 0 Å². The first kappa shape index (κ1) is 17.5. The van der Waals surface area contributed by atoms with Crippen LogP contribution in [0, 0.1) is 0 Å².